The summed E-state index contributed by atoms with van der Waals surface area (Å²) in [6.07, 6.45) is 3.39. The van der Waals surface area contributed by atoms with Gasteiger partial charge in [0.25, 0.3) is 0 Å². The molecule has 3 unspecified atom stereocenters. The number of nitrogens with zero attached hydrogens (tertiary/aromatic N) is 1. The minimum atomic E-state index is -0.347. The van der Waals surface area contributed by atoms with Crippen LogP contribution in [0.3, 0.4) is 0 Å². The van der Waals surface area contributed by atoms with Crippen LogP contribution in [0.5, 0.6) is 0 Å². The number of nitrogens with one attached hydrogen (secondary N) is 1. The maximum absolute atomic E-state index is 12.7. The van der Waals surface area contributed by atoms with E-state index in [4.69, 9.17) is 4.74 Å². The molecule has 0 aromatic heterocycles. The van der Waals surface area contributed by atoms with Crippen molar-refractivity contribution in [3.8, 4) is 0 Å². The van der Waals surface area contributed by atoms with E-state index in [0.717, 1.165) is 26.1 Å². The van der Waals surface area contributed by atoms with E-state index in [1.54, 1.807) is 0 Å². The molecule has 2 rings (SSSR count). The zero-order chi connectivity index (χ0) is 15.4. The number of rotatable bonds is 6. The maximum atomic E-state index is 12.7. The number of hydrogen-bond donors (Lipinski definition) is 1. The summed E-state index contributed by atoms with van der Waals surface area (Å²) in [6.45, 7) is 8.41. The molecule has 2 heterocycles. The molecule has 0 bridgehead atoms. The fraction of sp³-hybridized carbons (Fsp3) is 0.875. The van der Waals surface area contributed by atoms with Crippen LogP contribution in [-0.4, -0.2) is 48.6 Å². The van der Waals surface area contributed by atoms with Crippen LogP contribution >= 0.6 is 0 Å². The van der Waals surface area contributed by atoms with Crippen molar-refractivity contribution in [2.75, 3.05) is 19.8 Å². The summed E-state index contributed by atoms with van der Waals surface area (Å²) >= 11 is 0. The zero-order valence-corrected chi connectivity index (χ0v) is 13.4. The van der Waals surface area contributed by atoms with Crippen molar-refractivity contribution in [2.24, 2.45) is 11.8 Å². The molecular weight excluding hydrogens is 268 g/mol. The summed E-state index contributed by atoms with van der Waals surface area (Å²) in [4.78, 5) is 26.7. The molecule has 2 aliphatic rings. The summed E-state index contributed by atoms with van der Waals surface area (Å²) in [5.41, 5.74) is 0. The van der Waals surface area contributed by atoms with Crippen molar-refractivity contribution in [3.63, 3.8) is 0 Å². The lowest BCUT2D eigenvalue weighted by Gasteiger charge is -2.39. The van der Waals surface area contributed by atoms with Gasteiger partial charge in [-0.15, -0.1) is 0 Å². The predicted molar refractivity (Wildman–Crippen MR) is 80.7 cm³/mol. The van der Waals surface area contributed by atoms with Gasteiger partial charge in [0.2, 0.25) is 11.8 Å². The van der Waals surface area contributed by atoms with Gasteiger partial charge >= 0.3 is 0 Å². The van der Waals surface area contributed by atoms with Gasteiger partial charge in [-0.3, -0.25) is 9.59 Å². The molecule has 0 aromatic rings. The summed E-state index contributed by atoms with van der Waals surface area (Å²) < 4.78 is 5.39. The highest BCUT2D eigenvalue weighted by atomic mass is 16.5. The SMILES string of the molecule is CCC1C(=O)NC(CC(C)C)C(=O)N1CCC1CCOC1. The van der Waals surface area contributed by atoms with Crippen LogP contribution in [0.15, 0.2) is 0 Å². The lowest BCUT2D eigenvalue weighted by molar-refractivity contribution is -0.150. The number of piperazine rings is 1. The number of hydrogen-bond acceptors (Lipinski definition) is 3. The first kappa shape index (κ1) is 16.3. The van der Waals surface area contributed by atoms with Crippen LogP contribution in [-0.2, 0) is 14.3 Å². The monoisotopic (exact) mass is 296 g/mol. The van der Waals surface area contributed by atoms with Gasteiger partial charge in [0.15, 0.2) is 0 Å². The smallest absolute Gasteiger partial charge is 0.245 e. The molecule has 0 radical (unpaired) electrons. The van der Waals surface area contributed by atoms with Crippen LogP contribution in [0.2, 0.25) is 0 Å². The van der Waals surface area contributed by atoms with Crippen molar-refractivity contribution in [2.45, 2.75) is 58.5 Å². The van der Waals surface area contributed by atoms with Crippen molar-refractivity contribution < 1.29 is 14.3 Å². The molecule has 0 spiro atoms. The van der Waals surface area contributed by atoms with Gasteiger partial charge < -0.3 is 15.0 Å². The Bertz CT molecular complexity index is 378. The largest absolute Gasteiger partial charge is 0.381 e. The van der Waals surface area contributed by atoms with E-state index in [2.05, 4.69) is 19.2 Å². The normalized spacial score (nSPS) is 30.1. The van der Waals surface area contributed by atoms with Gasteiger partial charge in [-0.2, -0.15) is 0 Å². The fourth-order valence-electron chi connectivity index (χ4n) is 3.26. The third kappa shape index (κ3) is 3.96. The molecule has 3 atom stereocenters. The standard InChI is InChI=1S/C16H28N2O3/c1-4-14-15(19)17-13(9-11(2)3)16(20)18(14)7-5-12-6-8-21-10-12/h11-14H,4-10H2,1-3H3,(H,17,19). The highest BCUT2D eigenvalue weighted by Crippen LogP contribution is 2.21. The molecule has 2 fully saturated rings. The Kier molecular flexibility index (Phi) is 5.62. The Morgan fingerprint density at radius 1 is 1.38 bits per heavy atom. The molecule has 120 valence electrons. The van der Waals surface area contributed by atoms with Crippen molar-refractivity contribution in [1.82, 2.24) is 10.2 Å². The number of carbonyl (C=O) groups is 2. The minimum absolute atomic E-state index is 0.00502. The lowest BCUT2D eigenvalue weighted by atomic mass is 9.96. The molecule has 5 nitrogen and oxygen atoms in total. The Balaban J connectivity index is 2.01. The molecule has 2 saturated heterocycles. The minimum Gasteiger partial charge on any atom is -0.381 e. The Hall–Kier alpha value is -1.10. The fourth-order valence-corrected chi connectivity index (χ4v) is 3.26. The first-order chi connectivity index (χ1) is 10.0. The van der Waals surface area contributed by atoms with Gasteiger partial charge in [0.05, 0.1) is 0 Å². The topological polar surface area (TPSA) is 58.6 Å². The molecule has 0 saturated carbocycles. The highest BCUT2D eigenvalue weighted by Gasteiger charge is 2.39. The van der Waals surface area contributed by atoms with Crippen molar-refractivity contribution >= 4 is 11.8 Å². The second-order valence-electron chi connectivity index (χ2n) is 6.66. The van der Waals surface area contributed by atoms with E-state index in [0.29, 0.717) is 31.2 Å². The molecule has 2 amide bonds. The van der Waals surface area contributed by atoms with Gasteiger partial charge in [0.1, 0.15) is 12.1 Å². The number of amides is 2. The quantitative estimate of drug-likeness (QED) is 0.809. The van der Waals surface area contributed by atoms with E-state index in [1.807, 2.05) is 11.8 Å². The summed E-state index contributed by atoms with van der Waals surface area (Å²) in [7, 11) is 0. The van der Waals surface area contributed by atoms with Crippen molar-refractivity contribution in [1.29, 1.82) is 0 Å². The average Bonchev–Trinajstić information content (AvgIpc) is 2.93. The van der Waals surface area contributed by atoms with Gasteiger partial charge in [-0.25, -0.2) is 0 Å². The van der Waals surface area contributed by atoms with E-state index in [1.165, 1.54) is 0 Å². The van der Waals surface area contributed by atoms with E-state index in [-0.39, 0.29) is 23.9 Å². The third-order valence-electron chi connectivity index (χ3n) is 4.47. The Morgan fingerprint density at radius 3 is 2.71 bits per heavy atom. The molecule has 0 aliphatic carbocycles. The van der Waals surface area contributed by atoms with Crippen LogP contribution < -0.4 is 5.32 Å². The predicted octanol–water partition coefficient (Wildman–Crippen LogP) is 1.56. The maximum Gasteiger partial charge on any atom is 0.245 e. The Labute approximate surface area is 127 Å². The first-order valence-electron chi connectivity index (χ1n) is 8.21. The second kappa shape index (κ2) is 7.25. The van der Waals surface area contributed by atoms with Crippen LogP contribution in [0, 0.1) is 11.8 Å². The van der Waals surface area contributed by atoms with Crippen LogP contribution in [0.1, 0.15) is 46.5 Å². The summed E-state index contributed by atoms with van der Waals surface area (Å²) in [6, 6.07) is -0.650. The molecular formula is C16H28N2O3. The summed E-state index contributed by atoms with van der Waals surface area (Å²) in [5, 5.41) is 2.90. The van der Waals surface area contributed by atoms with Crippen molar-refractivity contribution in [3.05, 3.63) is 0 Å². The molecule has 1 N–H and O–H groups in total. The average molecular weight is 296 g/mol. The molecule has 0 aromatic carbocycles. The second-order valence-corrected chi connectivity index (χ2v) is 6.66. The van der Waals surface area contributed by atoms with E-state index >= 15 is 0 Å². The van der Waals surface area contributed by atoms with Gasteiger partial charge in [-0.1, -0.05) is 20.8 Å². The zero-order valence-electron chi connectivity index (χ0n) is 13.4. The highest BCUT2D eigenvalue weighted by molar-refractivity contribution is 5.96. The number of carbonyl (C=O) groups excluding carboxylic acids is 2. The molecule has 5 heteroatoms. The molecule has 2 aliphatic heterocycles. The van der Waals surface area contributed by atoms with Gasteiger partial charge in [0, 0.05) is 19.8 Å². The first-order valence-corrected chi connectivity index (χ1v) is 8.21. The van der Waals surface area contributed by atoms with E-state index in [9.17, 15) is 9.59 Å². The molecule has 21 heavy (non-hydrogen) atoms. The number of ether oxygens (including phenoxy) is 1. The van der Waals surface area contributed by atoms with E-state index < -0.39 is 0 Å². The Morgan fingerprint density at radius 2 is 2.14 bits per heavy atom. The van der Waals surface area contributed by atoms with Crippen LogP contribution in [0.25, 0.3) is 0 Å². The third-order valence-corrected chi connectivity index (χ3v) is 4.47. The lowest BCUT2D eigenvalue weighted by Crippen LogP contribution is -2.63. The van der Waals surface area contributed by atoms with Gasteiger partial charge in [-0.05, 0) is 37.5 Å². The van der Waals surface area contributed by atoms with Crippen LogP contribution in [0.4, 0.5) is 0 Å². The summed E-state index contributed by atoms with van der Waals surface area (Å²) in [5.74, 6) is 1.02.